The normalized spacial score (nSPS) is 12.7. The summed E-state index contributed by atoms with van der Waals surface area (Å²) in [6.45, 7) is 4.00. The molecular formula is C13H20ClN. The van der Waals surface area contributed by atoms with Crippen LogP contribution in [0, 0.1) is 0 Å². The zero-order valence-corrected chi connectivity index (χ0v) is 10.1. The van der Waals surface area contributed by atoms with Crippen LogP contribution in [-0.4, -0.2) is 18.5 Å². The molecule has 0 saturated heterocycles. The van der Waals surface area contributed by atoms with Crippen LogP contribution in [0.25, 0.3) is 0 Å². The number of nitrogens with one attached hydrogen (secondary N) is 1. The van der Waals surface area contributed by atoms with Crippen molar-refractivity contribution in [1.82, 2.24) is 5.32 Å². The maximum atomic E-state index is 5.82. The molecule has 1 aromatic rings. The molecule has 2 heteroatoms. The molecule has 0 spiro atoms. The van der Waals surface area contributed by atoms with Gasteiger partial charge in [-0.15, -0.1) is 11.6 Å². The first-order valence-electron chi connectivity index (χ1n) is 5.68. The number of hydrogen-bond donors (Lipinski definition) is 1. The van der Waals surface area contributed by atoms with Crippen molar-refractivity contribution in [2.24, 2.45) is 0 Å². The highest BCUT2D eigenvalue weighted by atomic mass is 35.5. The summed E-state index contributed by atoms with van der Waals surface area (Å²) in [5.41, 5.74) is 1.43. The van der Waals surface area contributed by atoms with E-state index in [0.29, 0.717) is 0 Å². The van der Waals surface area contributed by atoms with Crippen LogP contribution in [0.2, 0.25) is 0 Å². The van der Waals surface area contributed by atoms with Gasteiger partial charge in [0.25, 0.3) is 0 Å². The summed E-state index contributed by atoms with van der Waals surface area (Å²) in [7, 11) is 0. The summed E-state index contributed by atoms with van der Waals surface area (Å²) >= 11 is 5.82. The summed E-state index contributed by atoms with van der Waals surface area (Å²) in [5, 5.41) is 3.57. The molecule has 1 rings (SSSR count). The summed E-state index contributed by atoms with van der Waals surface area (Å²) in [6, 6.07) is 10.6. The lowest BCUT2D eigenvalue weighted by Gasteiger charge is -2.05. The quantitative estimate of drug-likeness (QED) is 0.555. The van der Waals surface area contributed by atoms with Crippen molar-refractivity contribution in [1.29, 1.82) is 0 Å². The fourth-order valence-electron chi connectivity index (χ4n) is 1.52. The Bertz CT molecular complexity index is 246. The van der Waals surface area contributed by atoms with Crippen LogP contribution in [0.4, 0.5) is 0 Å². The topological polar surface area (TPSA) is 12.0 Å². The number of benzene rings is 1. The van der Waals surface area contributed by atoms with Crippen molar-refractivity contribution in [3.8, 4) is 0 Å². The molecule has 1 nitrogen and oxygen atoms in total. The minimum Gasteiger partial charge on any atom is -0.315 e. The molecule has 0 bridgehead atoms. The summed E-state index contributed by atoms with van der Waals surface area (Å²) in [6.07, 6.45) is 3.64. The third kappa shape index (κ3) is 6.53. The van der Waals surface area contributed by atoms with E-state index in [9.17, 15) is 0 Å². The van der Waals surface area contributed by atoms with Gasteiger partial charge in [-0.1, -0.05) is 30.3 Å². The lowest BCUT2D eigenvalue weighted by molar-refractivity contribution is 0.619. The van der Waals surface area contributed by atoms with Gasteiger partial charge in [-0.25, -0.2) is 0 Å². The van der Waals surface area contributed by atoms with E-state index >= 15 is 0 Å². The highest BCUT2D eigenvalue weighted by Gasteiger charge is 1.95. The van der Waals surface area contributed by atoms with Gasteiger partial charge in [0, 0.05) is 11.9 Å². The van der Waals surface area contributed by atoms with Crippen molar-refractivity contribution >= 4 is 11.6 Å². The molecule has 1 atom stereocenters. The number of hydrogen-bond acceptors (Lipinski definition) is 1. The van der Waals surface area contributed by atoms with E-state index in [2.05, 4.69) is 35.6 Å². The van der Waals surface area contributed by atoms with Crippen LogP contribution in [0.3, 0.4) is 0 Å². The molecule has 0 radical (unpaired) electrons. The van der Waals surface area contributed by atoms with Gasteiger partial charge in [-0.2, -0.15) is 0 Å². The van der Waals surface area contributed by atoms with Crippen LogP contribution in [0.1, 0.15) is 25.3 Å². The highest BCUT2D eigenvalue weighted by molar-refractivity contribution is 6.20. The fraction of sp³-hybridized carbons (Fsp3) is 0.538. The highest BCUT2D eigenvalue weighted by Crippen LogP contribution is 2.03. The Labute approximate surface area is 97.8 Å². The third-order valence-corrected chi connectivity index (χ3v) is 2.49. The van der Waals surface area contributed by atoms with Gasteiger partial charge >= 0.3 is 0 Å². The van der Waals surface area contributed by atoms with Crippen LogP contribution in [0.5, 0.6) is 0 Å². The average Bonchev–Trinajstić information content (AvgIpc) is 2.24. The van der Waals surface area contributed by atoms with Crippen molar-refractivity contribution in [2.75, 3.05) is 13.1 Å². The fourth-order valence-corrected chi connectivity index (χ4v) is 1.63. The van der Waals surface area contributed by atoms with Gasteiger partial charge in [-0.3, -0.25) is 0 Å². The molecule has 1 N–H and O–H groups in total. The second kappa shape index (κ2) is 7.72. The van der Waals surface area contributed by atoms with Crippen LogP contribution < -0.4 is 5.32 Å². The van der Waals surface area contributed by atoms with Crippen LogP contribution in [-0.2, 0) is 6.42 Å². The Kier molecular flexibility index (Phi) is 6.45. The molecule has 1 aromatic carbocycles. The predicted octanol–water partition coefficient (Wildman–Crippen LogP) is 3.23. The molecular weight excluding hydrogens is 206 g/mol. The van der Waals surface area contributed by atoms with E-state index in [1.165, 1.54) is 24.8 Å². The van der Waals surface area contributed by atoms with Crippen molar-refractivity contribution in [3.63, 3.8) is 0 Å². The van der Waals surface area contributed by atoms with Gasteiger partial charge in [0.1, 0.15) is 0 Å². The number of aryl methyl sites for hydroxylation is 1. The maximum absolute atomic E-state index is 5.82. The molecule has 15 heavy (non-hydrogen) atoms. The van der Waals surface area contributed by atoms with E-state index in [4.69, 9.17) is 11.6 Å². The number of halogens is 1. The maximum Gasteiger partial charge on any atom is 0.0432 e. The lowest BCUT2D eigenvalue weighted by Crippen LogP contribution is -2.22. The Morgan fingerprint density at radius 2 is 1.93 bits per heavy atom. The van der Waals surface area contributed by atoms with Gasteiger partial charge in [-0.05, 0) is 38.3 Å². The van der Waals surface area contributed by atoms with Crippen molar-refractivity contribution in [2.45, 2.75) is 31.6 Å². The molecule has 0 heterocycles. The number of rotatable bonds is 7. The second-order valence-corrected chi connectivity index (χ2v) is 4.67. The van der Waals surface area contributed by atoms with Crippen LogP contribution in [0.15, 0.2) is 30.3 Å². The van der Waals surface area contributed by atoms with Gasteiger partial charge in [0.2, 0.25) is 0 Å². The Balaban J connectivity index is 1.98. The molecule has 0 fully saturated rings. The van der Waals surface area contributed by atoms with E-state index in [-0.39, 0.29) is 5.38 Å². The molecule has 1 unspecified atom stereocenters. The van der Waals surface area contributed by atoms with E-state index in [1.54, 1.807) is 0 Å². The first kappa shape index (κ1) is 12.5. The zero-order valence-electron chi connectivity index (χ0n) is 9.38. The minimum atomic E-state index is 0.235. The third-order valence-electron chi connectivity index (χ3n) is 2.34. The smallest absolute Gasteiger partial charge is 0.0432 e. The minimum absolute atomic E-state index is 0.235. The SMILES string of the molecule is CC(Cl)CNCCCCc1ccccc1. The Morgan fingerprint density at radius 3 is 2.60 bits per heavy atom. The summed E-state index contributed by atoms with van der Waals surface area (Å²) < 4.78 is 0. The largest absolute Gasteiger partial charge is 0.315 e. The van der Waals surface area contributed by atoms with E-state index < -0.39 is 0 Å². The Morgan fingerprint density at radius 1 is 1.20 bits per heavy atom. The molecule has 0 aliphatic rings. The lowest BCUT2D eigenvalue weighted by atomic mass is 10.1. The summed E-state index contributed by atoms with van der Waals surface area (Å²) in [4.78, 5) is 0. The molecule has 0 aliphatic carbocycles. The average molecular weight is 226 g/mol. The van der Waals surface area contributed by atoms with Crippen molar-refractivity contribution < 1.29 is 0 Å². The number of unbranched alkanes of at least 4 members (excludes halogenated alkanes) is 1. The molecule has 0 aliphatic heterocycles. The Hall–Kier alpha value is -0.530. The zero-order chi connectivity index (χ0) is 10.9. The standard InChI is InChI=1S/C13H20ClN/c1-12(14)11-15-10-6-5-9-13-7-3-2-4-8-13/h2-4,7-8,12,15H,5-6,9-11H2,1H3. The molecule has 0 saturated carbocycles. The first-order chi connectivity index (χ1) is 7.29. The first-order valence-corrected chi connectivity index (χ1v) is 6.11. The monoisotopic (exact) mass is 225 g/mol. The van der Waals surface area contributed by atoms with Gasteiger partial charge in [0.15, 0.2) is 0 Å². The van der Waals surface area contributed by atoms with Crippen LogP contribution >= 0.6 is 11.6 Å². The molecule has 0 aromatic heterocycles. The summed E-state index contributed by atoms with van der Waals surface area (Å²) in [5.74, 6) is 0. The van der Waals surface area contributed by atoms with E-state index in [1.807, 2.05) is 6.92 Å². The molecule has 84 valence electrons. The molecule has 0 amide bonds. The predicted molar refractivity (Wildman–Crippen MR) is 67.6 cm³/mol. The van der Waals surface area contributed by atoms with Gasteiger partial charge < -0.3 is 5.32 Å². The van der Waals surface area contributed by atoms with E-state index in [0.717, 1.165) is 13.1 Å². The van der Waals surface area contributed by atoms with Gasteiger partial charge in [0.05, 0.1) is 0 Å². The van der Waals surface area contributed by atoms with Crippen molar-refractivity contribution in [3.05, 3.63) is 35.9 Å². The number of alkyl halides is 1. The second-order valence-electron chi connectivity index (χ2n) is 3.93.